The number of furan rings is 1. The van der Waals surface area contributed by atoms with Gasteiger partial charge in [-0.2, -0.15) is 0 Å². The number of hydrogen-bond acceptors (Lipinski definition) is 1. The van der Waals surface area contributed by atoms with Gasteiger partial charge >= 0.3 is 0 Å². The van der Waals surface area contributed by atoms with Crippen molar-refractivity contribution in [3.63, 3.8) is 0 Å². The molecule has 9 rings (SSSR count). The summed E-state index contributed by atoms with van der Waals surface area (Å²) in [4.78, 5) is 3.55. The third kappa shape index (κ3) is 2.93. The van der Waals surface area contributed by atoms with Gasteiger partial charge in [-0.15, -0.1) is 0 Å². The molecule has 9 aromatic rings. The van der Waals surface area contributed by atoms with E-state index in [0.717, 1.165) is 44.2 Å². The van der Waals surface area contributed by atoms with E-state index in [9.17, 15) is 0 Å². The van der Waals surface area contributed by atoms with Gasteiger partial charge in [-0.3, -0.25) is 0 Å². The third-order valence-corrected chi connectivity index (χ3v) is 8.13. The van der Waals surface area contributed by atoms with Gasteiger partial charge in [-0.1, -0.05) is 66.7 Å². The Morgan fingerprint density at radius 3 is 2.08 bits per heavy atom. The van der Waals surface area contributed by atoms with Crippen LogP contribution in [0.25, 0.3) is 82.4 Å². The molecule has 3 heterocycles. The quantitative estimate of drug-likeness (QED) is 0.253. The van der Waals surface area contributed by atoms with Crippen LogP contribution in [0.3, 0.4) is 0 Å². The van der Waals surface area contributed by atoms with E-state index in [1.54, 1.807) is 0 Å². The smallest absolute Gasteiger partial charge is 0.136 e. The zero-order valence-electron chi connectivity index (χ0n) is 21.0. The lowest BCUT2D eigenvalue weighted by Crippen LogP contribution is -1.93. The first kappa shape index (κ1) is 20.7. The second kappa shape index (κ2) is 7.62. The van der Waals surface area contributed by atoms with E-state index in [1.165, 1.54) is 38.1 Å². The van der Waals surface area contributed by atoms with Crippen LogP contribution in [0.5, 0.6) is 0 Å². The van der Waals surface area contributed by atoms with Crippen LogP contribution in [0.4, 0.5) is 0 Å². The second-order valence-corrected chi connectivity index (χ2v) is 10.3. The molecule has 0 aliphatic heterocycles. The molecule has 6 aromatic carbocycles. The molecule has 182 valence electrons. The summed E-state index contributed by atoms with van der Waals surface area (Å²) >= 11 is 0. The van der Waals surface area contributed by atoms with Gasteiger partial charge in [0.1, 0.15) is 11.2 Å². The third-order valence-electron chi connectivity index (χ3n) is 8.13. The number of aromatic nitrogens is 2. The summed E-state index contributed by atoms with van der Waals surface area (Å²) < 4.78 is 8.57. The molecular weight excluding hydrogens is 476 g/mol. The van der Waals surface area contributed by atoms with Crippen molar-refractivity contribution in [1.29, 1.82) is 0 Å². The zero-order chi connectivity index (χ0) is 25.5. The predicted octanol–water partition coefficient (Wildman–Crippen LogP) is 9.98. The van der Waals surface area contributed by atoms with Gasteiger partial charge in [0.25, 0.3) is 0 Å². The lowest BCUT2D eigenvalue weighted by molar-refractivity contribution is 0.669. The number of hydrogen-bond donors (Lipinski definition) is 1. The van der Waals surface area contributed by atoms with E-state index in [4.69, 9.17) is 4.42 Å². The van der Waals surface area contributed by atoms with E-state index >= 15 is 0 Å². The monoisotopic (exact) mass is 498 g/mol. The van der Waals surface area contributed by atoms with Crippen LogP contribution >= 0.6 is 0 Å². The number of nitrogens with zero attached hydrogens (tertiary/aromatic N) is 1. The molecule has 3 heteroatoms. The highest BCUT2D eigenvalue weighted by Gasteiger charge is 2.15. The molecule has 0 amide bonds. The Bertz CT molecular complexity index is 2400. The van der Waals surface area contributed by atoms with Crippen molar-refractivity contribution >= 4 is 65.6 Å². The highest BCUT2D eigenvalue weighted by Crippen LogP contribution is 2.38. The Kier molecular flexibility index (Phi) is 4.05. The lowest BCUT2D eigenvalue weighted by Gasteiger charge is -2.09. The van der Waals surface area contributed by atoms with Crippen molar-refractivity contribution in [2.24, 2.45) is 0 Å². The van der Waals surface area contributed by atoms with E-state index in [-0.39, 0.29) is 0 Å². The summed E-state index contributed by atoms with van der Waals surface area (Å²) in [5, 5.41) is 7.29. The topological polar surface area (TPSA) is 33.9 Å². The largest absolute Gasteiger partial charge is 0.456 e. The highest BCUT2D eigenvalue weighted by molar-refractivity contribution is 6.12. The highest BCUT2D eigenvalue weighted by atomic mass is 16.3. The summed E-state index contributed by atoms with van der Waals surface area (Å²) in [5.41, 5.74) is 10.1. The van der Waals surface area contributed by atoms with Crippen molar-refractivity contribution in [3.05, 3.63) is 127 Å². The van der Waals surface area contributed by atoms with Crippen molar-refractivity contribution in [1.82, 2.24) is 9.55 Å². The molecule has 1 N–H and O–H groups in total. The van der Waals surface area contributed by atoms with Crippen molar-refractivity contribution in [2.75, 3.05) is 0 Å². The first-order valence-electron chi connectivity index (χ1n) is 13.3. The average Bonchev–Trinajstić information content (AvgIpc) is 3.65. The Labute approximate surface area is 223 Å². The molecule has 0 saturated heterocycles. The molecule has 0 unspecified atom stereocenters. The molecule has 39 heavy (non-hydrogen) atoms. The Morgan fingerprint density at radius 2 is 1.13 bits per heavy atom. The molecule has 0 fully saturated rings. The normalized spacial score (nSPS) is 12.1. The first-order valence-corrected chi connectivity index (χ1v) is 13.3. The van der Waals surface area contributed by atoms with Crippen LogP contribution in [0.2, 0.25) is 0 Å². The minimum atomic E-state index is 0.920. The average molecular weight is 499 g/mol. The van der Waals surface area contributed by atoms with E-state index in [1.807, 2.05) is 12.1 Å². The van der Waals surface area contributed by atoms with Gasteiger partial charge < -0.3 is 14.0 Å². The van der Waals surface area contributed by atoms with Gasteiger partial charge in [0, 0.05) is 49.0 Å². The minimum absolute atomic E-state index is 0.920. The van der Waals surface area contributed by atoms with Gasteiger partial charge in [0.2, 0.25) is 0 Å². The fourth-order valence-electron chi connectivity index (χ4n) is 6.31. The number of H-pyrrole nitrogens is 1. The van der Waals surface area contributed by atoms with Crippen LogP contribution in [0, 0.1) is 0 Å². The number of benzene rings is 6. The summed E-state index contributed by atoms with van der Waals surface area (Å²) in [6.45, 7) is 0. The predicted molar refractivity (Wildman–Crippen MR) is 163 cm³/mol. The summed E-state index contributed by atoms with van der Waals surface area (Å²) in [5.74, 6) is 0. The maximum atomic E-state index is 6.19. The lowest BCUT2D eigenvalue weighted by atomic mass is 10.0. The van der Waals surface area contributed by atoms with Gasteiger partial charge in [0.05, 0.1) is 11.0 Å². The fraction of sp³-hybridized carbons (Fsp3) is 0. The van der Waals surface area contributed by atoms with Crippen molar-refractivity contribution in [2.45, 2.75) is 0 Å². The molecule has 0 bridgehead atoms. The first-order chi connectivity index (χ1) is 19.3. The molecule has 0 atom stereocenters. The number of fused-ring (bicyclic) bond motifs is 9. The van der Waals surface area contributed by atoms with Crippen molar-refractivity contribution < 1.29 is 4.42 Å². The van der Waals surface area contributed by atoms with E-state index in [2.05, 4.69) is 125 Å². The number of aromatic amines is 1. The molecular formula is C36H22N2O. The Balaban J connectivity index is 1.26. The second-order valence-electron chi connectivity index (χ2n) is 10.3. The molecule has 3 nitrogen and oxygen atoms in total. The van der Waals surface area contributed by atoms with Gasteiger partial charge in [-0.25, -0.2) is 0 Å². The molecule has 0 radical (unpaired) electrons. The summed E-state index contributed by atoms with van der Waals surface area (Å²) in [6, 6.07) is 45.5. The SMILES string of the molecule is c1ccc2c(c1)[nH]c1ccc(-n3c4ccccc4c4cc(-c5ccc6c(c5)oc5ccccc56)ccc43)cc12. The molecule has 0 aliphatic carbocycles. The molecule has 0 aliphatic rings. The number of nitrogens with one attached hydrogen (secondary N) is 1. The molecule has 3 aromatic heterocycles. The maximum absolute atomic E-state index is 6.19. The Morgan fingerprint density at radius 1 is 0.436 bits per heavy atom. The summed E-state index contributed by atoms with van der Waals surface area (Å²) in [6.07, 6.45) is 0. The number of para-hydroxylation sites is 3. The Hall–Kier alpha value is -5.28. The zero-order valence-corrected chi connectivity index (χ0v) is 21.0. The van der Waals surface area contributed by atoms with Crippen LogP contribution in [-0.4, -0.2) is 9.55 Å². The van der Waals surface area contributed by atoms with E-state index < -0.39 is 0 Å². The van der Waals surface area contributed by atoms with Crippen LogP contribution in [0.1, 0.15) is 0 Å². The van der Waals surface area contributed by atoms with Gasteiger partial charge in [-0.05, 0) is 71.8 Å². The molecule has 0 saturated carbocycles. The summed E-state index contributed by atoms with van der Waals surface area (Å²) in [7, 11) is 0. The molecule has 0 spiro atoms. The van der Waals surface area contributed by atoms with Crippen LogP contribution < -0.4 is 0 Å². The van der Waals surface area contributed by atoms with Crippen LogP contribution in [0.15, 0.2) is 132 Å². The van der Waals surface area contributed by atoms with E-state index in [0.29, 0.717) is 0 Å². The fourth-order valence-corrected chi connectivity index (χ4v) is 6.31. The van der Waals surface area contributed by atoms with Gasteiger partial charge in [0.15, 0.2) is 0 Å². The minimum Gasteiger partial charge on any atom is -0.456 e. The maximum Gasteiger partial charge on any atom is 0.136 e. The number of rotatable bonds is 2. The standard InChI is InChI=1S/C36H22N2O/c1-4-10-31-25(7-1)29-21-24(15-17-32(29)37-31)38-33-11-5-2-8-26(33)30-19-22(14-18-34(30)38)23-13-16-28-27-9-3-6-12-35(27)39-36(28)20-23/h1-21,37H. The van der Waals surface area contributed by atoms with Crippen LogP contribution in [-0.2, 0) is 0 Å². The van der Waals surface area contributed by atoms with Crippen molar-refractivity contribution in [3.8, 4) is 16.8 Å².